The van der Waals surface area contributed by atoms with E-state index >= 15 is 0 Å². The molecule has 0 heterocycles. The molecule has 0 aromatic heterocycles. The Balaban J connectivity index is 2.35. The van der Waals surface area contributed by atoms with E-state index in [-0.39, 0.29) is 0 Å². The molecule has 2 rings (SSSR count). The highest BCUT2D eigenvalue weighted by molar-refractivity contribution is 6.30. The minimum Gasteiger partial charge on any atom is -0.289 e. The minimum absolute atomic E-state index is 0.351. The molecule has 0 fully saturated rings. The van der Waals surface area contributed by atoms with E-state index in [0.29, 0.717) is 22.7 Å². The van der Waals surface area contributed by atoms with Crippen molar-refractivity contribution in [2.45, 2.75) is 6.18 Å². The van der Waals surface area contributed by atoms with E-state index in [1.165, 1.54) is 6.08 Å². The number of carbonyl (C=O) groups excluding carboxylic acids is 1. The highest BCUT2D eigenvalue weighted by Crippen LogP contribution is 2.33. The predicted molar refractivity (Wildman–Crippen MR) is 82.9 cm³/mol. The number of alkyl halides is 3. The second kappa shape index (κ2) is 6.84. The van der Waals surface area contributed by atoms with Gasteiger partial charge in [-0.1, -0.05) is 29.8 Å². The van der Waals surface area contributed by atoms with Crippen molar-refractivity contribution in [1.82, 2.24) is 0 Å². The standard InChI is InChI=1S/C16H9ClF3NO3/c17-12-5-1-10(2-6-12)3-8-15(22)13-7-4-11(16(18,19)20)9-14(13)21(23)24/h1-9H/b8-3+. The summed E-state index contributed by atoms with van der Waals surface area (Å²) in [5.41, 5.74) is -1.89. The van der Waals surface area contributed by atoms with Crippen molar-refractivity contribution in [1.29, 1.82) is 0 Å². The Labute approximate surface area is 139 Å². The van der Waals surface area contributed by atoms with Crippen LogP contribution >= 0.6 is 11.6 Å². The van der Waals surface area contributed by atoms with Gasteiger partial charge in [0.15, 0.2) is 5.78 Å². The van der Waals surface area contributed by atoms with Crippen molar-refractivity contribution in [3.8, 4) is 0 Å². The molecule has 0 amide bonds. The SMILES string of the molecule is O=C(/C=C/c1ccc(Cl)cc1)c1ccc(C(F)(F)F)cc1[N+](=O)[O-]. The topological polar surface area (TPSA) is 60.2 Å². The summed E-state index contributed by atoms with van der Waals surface area (Å²) in [6.07, 6.45) is -2.29. The van der Waals surface area contributed by atoms with Crippen LogP contribution in [0.5, 0.6) is 0 Å². The first-order valence-corrected chi connectivity index (χ1v) is 6.90. The fourth-order valence-electron chi connectivity index (χ4n) is 1.90. The van der Waals surface area contributed by atoms with Gasteiger partial charge in [-0.25, -0.2) is 0 Å². The maximum atomic E-state index is 12.6. The summed E-state index contributed by atoms with van der Waals surface area (Å²) in [5.74, 6) is -0.773. The van der Waals surface area contributed by atoms with Gasteiger partial charge in [0.1, 0.15) is 0 Å². The van der Waals surface area contributed by atoms with Crippen LogP contribution in [0.3, 0.4) is 0 Å². The second-order valence-electron chi connectivity index (χ2n) is 4.74. The molecular formula is C16H9ClF3NO3. The van der Waals surface area contributed by atoms with Crippen molar-refractivity contribution >= 4 is 29.1 Å². The number of ketones is 1. The Morgan fingerprint density at radius 1 is 1.12 bits per heavy atom. The van der Waals surface area contributed by atoms with E-state index < -0.39 is 33.7 Å². The molecule has 24 heavy (non-hydrogen) atoms. The fraction of sp³-hybridized carbons (Fsp3) is 0.0625. The Hall–Kier alpha value is -2.67. The number of halogens is 4. The Kier molecular flexibility index (Phi) is 5.04. The molecule has 0 saturated carbocycles. The van der Waals surface area contributed by atoms with E-state index in [1.807, 2.05) is 0 Å². The fourth-order valence-corrected chi connectivity index (χ4v) is 2.03. The molecule has 124 valence electrons. The number of nitrogens with zero attached hydrogens (tertiary/aromatic N) is 1. The molecular weight excluding hydrogens is 347 g/mol. The van der Waals surface area contributed by atoms with Crippen LogP contribution in [-0.2, 0) is 6.18 Å². The lowest BCUT2D eigenvalue weighted by Crippen LogP contribution is -2.08. The highest BCUT2D eigenvalue weighted by atomic mass is 35.5. The van der Waals surface area contributed by atoms with Crippen LogP contribution in [0.1, 0.15) is 21.5 Å². The monoisotopic (exact) mass is 355 g/mol. The van der Waals surface area contributed by atoms with Crippen molar-refractivity contribution in [3.63, 3.8) is 0 Å². The maximum Gasteiger partial charge on any atom is 0.416 e. The summed E-state index contributed by atoms with van der Waals surface area (Å²) < 4.78 is 37.9. The molecule has 0 aliphatic rings. The molecule has 0 aliphatic carbocycles. The summed E-state index contributed by atoms with van der Waals surface area (Å²) in [4.78, 5) is 22.0. The number of hydrogen-bond acceptors (Lipinski definition) is 3. The van der Waals surface area contributed by atoms with Crippen molar-refractivity contribution < 1.29 is 22.9 Å². The lowest BCUT2D eigenvalue weighted by atomic mass is 10.0. The highest BCUT2D eigenvalue weighted by Gasteiger charge is 2.33. The number of allylic oxidation sites excluding steroid dienone is 1. The summed E-state index contributed by atoms with van der Waals surface area (Å²) in [6.45, 7) is 0. The number of benzene rings is 2. The third kappa shape index (κ3) is 4.20. The van der Waals surface area contributed by atoms with E-state index in [9.17, 15) is 28.1 Å². The number of nitro groups is 1. The Morgan fingerprint density at radius 2 is 1.75 bits per heavy atom. The Bertz CT molecular complexity index is 814. The van der Waals surface area contributed by atoms with Gasteiger partial charge in [0.25, 0.3) is 5.69 Å². The average Bonchev–Trinajstić information content (AvgIpc) is 2.52. The molecule has 0 aliphatic heterocycles. The molecule has 0 radical (unpaired) electrons. The zero-order chi connectivity index (χ0) is 17.9. The summed E-state index contributed by atoms with van der Waals surface area (Å²) in [6, 6.07) is 8.20. The van der Waals surface area contributed by atoms with Crippen molar-refractivity contribution in [2.24, 2.45) is 0 Å². The lowest BCUT2D eigenvalue weighted by Gasteiger charge is -2.07. The number of nitro benzene ring substituents is 1. The lowest BCUT2D eigenvalue weighted by molar-refractivity contribution is -0.385. The number of hydrogen-bond donors (Lipinski definition) is 0. The third-order valence-electron chi connectivity index (χ3n) is 3.08. The van der Waals surface area contributed by atoms with Gasteiger partial charge in [-0.2, -0.15) is 13.2 Å². The zero-order valence-corrected chi connectivity index (χ0v) is 12.6. The van der Waals surface area contributed by atoms with Crippen molar-refractivity contribution in [2.75, 3.05) is 0 Å². The summed E-state index contributed by atoms with van der Waals surface area (Å²) in [5, 5.41) is 11.5. The molecule has 0 spiro atoms. The molecule has 0 unspecified atom stereocenters. The average molecular weight is 356 g/mol. The maximum absolute atomic E-state index is 12.6. The van der Waals surface area contributed by atoms with Crippen LogP contribution in [0.15, 0.2) is 48.5 Å². The van der Waals surface area contributed by atoms with Gasteiger partial charge < -0.3 is 0 Å². The number of rotatable bonds is 4. The molecule has 0 bridgehead atoms. The molecule has 0 N–H and O–H groups in total. The van der Waals surface area contributed by atoms with Crippen LogP contribution in [0, 0.1) is 10.1 Å². The van der Waals surface area contributed by atoms with Crippen LogP contribution in [0.25, 0.3) is 6.08 Å². The smallest absolute Gasteiger partial charge is 0.289 e. The van der Waals surface area contributed by atoms with Gasteiger partial charge in [0, 0.05) is 11.1 Å². The van der Waals surface area contributed by atoms with Gasteiger partial charge >= 0.3 is 6.18 Å². The van der Waals surface area contributed by atoms with Crippen LogP contribution < -0.4 is 0 Å². The van der Waals surface area contributed by atoms with Gasteiger partial charge in [-0.3, -0.25) is 14.9 Å². The molecule has 2 aromatic rings. The first-order chi connectivity index (χ1) is 11.2. The second-order valence-corrected chi connectivity index (χ2v) is 5.17. The van der Waals surface area contributed by atoms with Gasteiger partial charge in [0.2, 0.25) is 0 Å². The van der Waals surface area contributed by atoms with E-state index in [2.05, 4.69) is 0 Å². The predicted octanol–water partition coefficient (Wildman–Crippen LogP) is 5.16. The first-order valence-electron chi connectivity index (χ1n) is 6.52. The molecule has 0 atom stereocenters. The molecule has 8 heteroatoms. The van der Waals surface area contributed by atoms with Gasteiger partial charge in [0.05, 0.1) is 16.1 Å². The molecule has 4 nitrogen and oxygen atoms in total. The van der Waals surface area contributed by atoms with Crippen LogP contribution in [-0.4, -0.2) is 10.7 Å². The van der Waals surface area contributed by atoms with Crippen LogP contribution in [0.2, 0.25) is 5.02 Å². The van der Waals surface area contributed by atoms with Crippen LogP contribution in [0.4, 0.5) is 18.9 Å². The van der Waals surface area contributed by atoms with Gasteiger partial charge in [-0.05, 0) is 35.9 Å². The molecule has 0 saturated heterocycles. The summed E-state index contributed by atoms with van der Waals surface area (Å²) >= 11 is 5.72. The quantitative estimate of drug-likeness (QED) is 0.329. The minimum atomic E-state index is -4.73. The van der Waals surface area contributed by atoms with E-state index in [1.54, 1.807) is 24.3 Å². The molecule has 2 aromatic carbocycles. The number of carbonyl (C=O) groups is 1. The van der Waals surface area contributed by atoms with Gasteiger partial charge in [-0.15, -0.1) is 0 Å². The normalized spacial score (nSPS) is 11.7. The van der Waals surface area contributed by atoms with Crippen molar-refractivity contribution in [3.05, 3.63) is 80.4 Å². The first kappa shape index (κ1) is 17.7. The third-order valence-corrected chi connectivity index (χ3v) is 3.34. The van der Waals surface area contributed by atoms with E-state index in [4.69, 9.17) is 11.6 Å². The largest absolute Gasteiger partial charge is 0.416 e. The van der Waals surface area contributed by atoms with E-state index in [0.717, 1.165) is 12.1 Å². The summed E-state index contributed by atoms with van der Waals surface area (Å²) in [7, 11) is 0. The Morgan fingerprint density at radius 3 is 2.29 bits per heavy atom. The zero-order valence-electron chi connectivity index (χ0n) is 11.9.